The standard InChI is InChI=1S/C34H58N2/c1-10-11-14-35-15-17-36(18-16-35)30-13-12-26(27-20-31(2,3)24-32(4,5)21-27)19-29(30)28-22-33(6,7)25-34(8,9)23-28/h12-13,19,27-28H,10-11,14-18,20-25H2,1-9H3. The van der Waals surface area contributed by atoms with E-state index >= 15 is 0 Å². The zero-order chi connectivity index (χ0) is 26.4. The van der Waals surface area contributed by atoms with Crippen LogP contribution in [0.3, 0.4) is 0 Å². The average molecular weight is 495 g/mol. The predicted molar refractivity (Wildman–Crippen MR) is 158 cm³/mol. The van der Waals surface area contributed by atoms with E-state index in [1.165, 1.54) is 84.1 Å². The fraction of sp³-hybridized carbons (Fsp3) is 0.824. The van der Waals surface area contributed by atoms with Crippen molar-refractivity contribution in [3.05, 3.63) is 29.3 Å². The van der Waals surface area contributed by atoms with Gasteiger partial charge in [0.15, 0.2) is 0 Å². The highest BCUT2D eigenvalue weighted by Gasteiger charge is 2.42. The lowest BCUT2D eigenvalue weighted by Crippen LogP contribution is -2.47. The van der Waals surface area contributed by atoms with Crippen LogP contribution in [0.1, 0.15) is 137 Å². The molecule has 2 nitrogen and oxygen atoms in total. The number of hydrogen-bond donors (Lipinski definition) is 0. The third-order valence-electron chi connectivity index (χ3n) is 9.61. The topological polar surface area (TPSA) is 6.48 Å². The van der Waals surface area contributed by atoms with Crippen LogP contribution in [-0.4, -0.2) is 37.6 Å². The molecule has 3 aliphatic rings. The Morgan fingerprint density at radius 1 is 0.694 bits per heavy atom. The Balaban J connectivity index is 1.66. The summed E-state index contributed by atoms with van der Waals surface area (Å²) in [5.74, 6) is 1.36. The summed E-state index contributed by atoms with van der Waals surface area (Å²) in [4.78, 5) is 5.43. The van der Waals surface area contributed by atoms with Crippen molar-refractivity contribution >= 4 is 5.69 Å². The van der Waals surface area contributed by atoms with Gasteiger partial charge in [0.25, 0.3) is 0 Å². The van der Waals surface area contributed by atoms with Crippen LogP contribution >= 0.6 is 0 Å². The van der Waals surface area contributed by atoms with Crippen molar-refractivity contribution in [2.24, 2.45) is 21.7 Å². The molecular weight excluding hydrogens is 436 g/mol. The minimum absolute atomic E-state index is 0.410. The first-order valence-electron chi connectivity index (χ1n) is 15.3. The van der Waals surface area contributed by atoms with E-state index in [4.69, 9.17) is 0 Å². The highest BCUT2D eigenvalue weighted by Crippen LogP contribution is 2.55. The molecular formula is C34H58N2. The van der Waals surface area contributed by atoms with Gasteiger partial charge in [0.2, 0.25) is 0 Å². The van der Waals surface area contributed by atoms with Gasteiger partial charge in [0.05, 0.1) is 0 Å². The number of piperazine rings is 1. The second-order valence-electron chi connectivity index (χ2n) is 16.2. The normalized spacial score (nSPS) is 26.8. The second-order valence-corrected chi connectivity index (χ2v) is 16.2. The molecule has 0 radical (unpaired) electrons. The summed E-state index contributed by atoms with van der Waals surface area (Å²) < 4.78 is 0. The number of rotatable bonds is 6. The van der Waals surface area contributed by atoms with Crippen molar-refractivity contribution in [2.45, 2.75) is 126 Å². The van der Waals surface area contributed by atoms with E-state index in [0.717, 1.165) is 0 Å². The average Bonchev–Trinajstić information content (AvgIpc) is 2.73. The first-order valence-corrected chi connectivity index (χ1v) is 15.3. The molecule has 1 aromatic carbocycles. The quantitative estimate of drug-likeness (QED) is 0.389. The fourth-order valence-electron chi connectivity index (χ4n) is 9.18. The Labute approximate surface area is 224 Å². The predicted octanol–water partition coefficient (Wildman–Crippen LogP) is 9.25. The van der Waals surface area contributed by atoms with Gasteiger partial charge in [-0.1, -0.05) is 80.9 Å². The Hall–Kier alpha value is -1.02. The van der Waals surface area contributed by atoms with E-state index in [2.05, 4.69) is 90.3 Å². The van der Waals surface area contributed by atoms with E-state index in [9.17, 15) is 0 Å². The van der Waals surface area contributed by atoms with Crippen molar-refractivity contribution < 1.29 is 0 Å². The summed E-state index contributed by atoms with van der Waals surface area (Å²) >= 11 is 0. The Morgan fingerprint density at radius 3 is 1.69 bits per heavy atom. The zero-order valence-corrected chi connectivity index (χ0v) is 25.5. The highest BCUT2D eigenvalue weighted by molar-refractivity contribution is 5.58. The molecule has 1 aliphatic heterocycles. The van der Waals surface area contributed by atoms with E-state index in [-0.39, 0.29) is 0 Å². The molecule has 2 heteroatoms. The molecule has 204 valence electrons. The molecule has 2 saturated carbocycles. The number of unbranched alkanes of at least 4 members (excludes halogenated alkanes) is 1. The summed E-state index contributed by atoms with van der Waals surface area (Å²) in [5.41, 5.74) is 6.53. The lowest BCUT2D eigenvalue weighted by Gasteiger charge is -2.47. The maximum Gasteiger partial charge on any atom is 0.0402 e. The van der Waals surface area contributed by atoms with E-state index < -0.39 is 0 Å². The van der Waals surface area contributed by atoms with Crippen molar-refractivity contribution in [2.75, 3.05) is 37.6 Å². The van der Waals surface area contributed by atoms with Gasteiger partial charge in [-0.05, 0) is 102 Å². The molecule has 0 atom stereocenters. The molecule has 0 spiro atoms. The van der Waals surface area contributed by atoms with Crippen LogP contribution in [0, 0.1) is 21.7 Å². The maximum atomic E-state index is 2.74. The molecule has 0 aromatic heterocycles. The molecule has 36 heavy (non-hydrogen) atoms. The van der Waals surface area contributed by atoms with E-state index in [0.29, 0.717) is 33.5 Å². The first kappa shape index (κ1) is 28.0. The van der Waals surface area contributed by atoms with Gasteiger partial charge in [0.1, 0.15) is 0 Å². The summed E-state index contributed by atoms with van der Waals surface area (Å²) in [5, 5.41) is 0. The van der Waals surface area contributed by atoms with E-state index in [1.54, 1.807) is 16.8 Å². The van der Waals surface area contributed by atoms with E-state index in [1.807, 2.05) is 0 Å². The number of hydrogen-bond acceptors (Lipinski definition) is 2. The highest BCUT2D eigenvalue weighted by atomic mass is 15.3. The monoisotopic (exact) mass is 494 g/mol. The van der Waals surface area contributed by atoms with Crippen LogP contribution in [0.2, 0.25) is 0 Å². The molecule has 0 N–H and O–H groups in total. The van der Waals surface area contributed by atoms with Crippen molar-refractivity contribution in [3.63, 3.8) is 0 Å². The van der Waals surface area contributed by atoms with Gasteiger partial charge in [-0.3, -0.25) is 4.90 Å². The number of anilines is 1. The molecule has 0 unspecified atom stereocenters. The van der Waals surface area contributed by atoms with Gasteiger partial charge in [-0.25, -0.2) is 0 Å². The molecule has 3 fully saturated rings. The summed E-state index contributed by atoms with van der Waals surface area (Å²) in [7, 11) is 0. The van der Waals surface area contributed by atoms with Gasteiger partial charge >= 0.3 is 0 Å². The van der Waals surface area contributed by atoms with Crippen molar-refractivity contribution in [1.82, 2.24) is 4.90 Å². The third kappa shape index (κ3) is 6.89. The second kappa shape index (κ2) is 10.3. The summed E-state index contributed by atoms with van der Waals surface area (Å²) in [6.07, 6.45) is 10.6. The fourth-order valence-corrected chi connectivity index (χ4v) is 9.18. The molecule has 1 heterocycles. The van der Waals surface area contributed by atoms with Crippen LogP contribution in [0.25, 0.3) is 0 Å². The van der Waals surface area contributed by atoms with Crippen LogP contribution in [0.4, 0.5) is 5.69 Å². The van der Waals surface area contributed by atoms with Crippen molar-refractivity contribution in [3.8, 4) is 0 Å². The SMILES string of the molecule is CCCCN1CCN(c2ccc(C3CC(C)(C)CC(C)(C)C3)cc2C2CC(C)(C)CC(C)(C)C2)CC1. The molecule has 0 bridgehead atoms. The summed E-state index contributed by atoms with van der Waals surface area (Å²) in [6, 6.07) is 7.79. The van der Waals surface area contributed by atoms with Crippen LogP contribution < -0.4 is 4.90 Å². The number of benzene rings is 1. The van der Waals surface area contributed by atoms with Crippen LogP contribution in [-0.2, 0) is 0 Å². The Morgan fingerprint density at radius 2 is 1.19 bits per heavy atom. The lowest BCUT2D eigenvalue weighted by molar-refractivity contribution is 0.0952. The van der Waals surface area contributed by atoms with Gasteiger partial charge in [-0.15, -0.1) is 0 Å². The van der Waals surface area contributed by atoms with Gasteiger partial charge in [-0.2, -0.15) is 0 Å². The third-order valence-corrected chi connectivity index (χ3v) is 9.61. The Bertz CT molecular complexity index is 852. The smallest absolute Gasteiger partial charge is 0.0402 e. The Kier molecular flexibility index (Phi) is 7.99. The van der Waals surface area contributed by atoms with Crippen LogP contribution in [0.15, 0.2) is 18.2 Å². The maximum absolute atomic E-state index is 2.74. The minimum atomic E-state index is 0.410. The lowest BCUT2D eigenvalue weighted by atomic mass is 9.59. The zero-order valence-electron chi connectivity index (χ0n) is 25.5. The first-order chi connectivity index (χ1) is 16.7. The molecule has 0 amide bonds. The number of nitrogens with zero attached hydrogens (tertiary/aromatic N) is 2. The van der Waals surface area contributed by atoms with Crippen LogP contribution in [0.5, 0.6) is 0 Å². The largest absolute Gasteiger partial charge is 0.369 e. The van der Waals surface area contributed by atoms with Crippen molar-refractivity contribution in [1.29, 1.82) is 0 Å². The van der Waals surface area contributed by atoms with Gasteiger partial charge in [0, 0.05) is 31.9 Å². The molecule has 1 aromatic rings. The van der Waals surface area contributed by atoms with Gasteiger partial charge < -0.3 is 4.90 Å². The molecule has 1 saturated heterocycles. The summed E-state index contributed by atoms with van der Waals surface area (Å²) in [6.45, 7) is 28.4. The molecule has 2 aliphatic carbocycles. The minimum Gasteiger partial charge on any atom is -0.369 e. The molecule has 4 rings (SSSR count).